The zero-order valence-electron chi connectivity index (χ0n) is 46.7. The molecular formula is C57H96N6O11S2. The van der Waals surface area contributed by atoms with Crippen LogP contribution in [-0.2, 0) is 39.4 Å². The summed E-state index contributed by atoms with van der Waals surface area (Å²) in [7, 11) is -8.24. The predicted molar refractivity (Wildman–Crippen MR) is 290 cm³/mol. The molecule has 0 aromatic carbocycles. The molecule has 19 heteroatoms. The summed E-state index contributed by atoms with van der Waals surface area (Å²) in [6.45, 7) is 14.3. The second-order valence-corrected chi connectivity index (χ2v) is 31.0. The molecule has 8 aliphatic carbocycles. The first-order chi connectivity index (χ1) is 35.7. The van der Waals surface area contributed by atoms with E-state index in [-0.39, 0.29) is 88.1 Å². The van der Waals surface area contributed by atoms with Crippen molar-refractivity contribution >= 4 is 43.9 Å². The average Bonchev–Trinajstić information content (AvgIpc) is 3.89. The fourth-order valence-electron chi connectivity index (χ4n) is 20.0. The predicted octanol–water partition coefficient (Wildman–Crippen LogP) is 6.67. The lowest BCUT2D eigenvalue weighted by atomic mass is 9.42. The van der Waals surface area contributed by atoms with E-state index < -0.39 is 31.7 Å². The molecule has 19 atom stereocenters. The van der Waals surface area contributed by atoms with Gasteiger partial charge in [-0.1, -0.05) is 41.5 Å². The fourth-order valence-corrected chi connectivity index (χ4v) is 20.8. The van der Waals surface area contributed by atoms with Gasteiger partial charge in [0.05, 0.1) is 23.3 Å². The van der Waals surface area contributed by atoms with E-state index in [4.69, 9.17) is 9.11 Å². The number of carbonyl (C=O) groups excluding carboxylic acids is 4. The van der Waals surface area contributed by atoms with E-state index in [2.05, 4.69) is 73.7 Å². The minimum absolute atomic E-state index is 0.0104. The van der Waals surface area contributed by atoms with Crippen LogP contribution in [0.15, 0.2) is 0 Å². The molecule has 432 valence electrons. The highest BCUT2D eigenvalue weighted by Crippen LogP contribution is 2.72. The zero-order chi connectivity index (χ0) is 54.8. The Labute approximate surface area is 454 Å². The summed E-state index contributed by atoms with van der Waals surface area (Å²) in [4.78, 5) is 52.1. The van der Waals surface area contributed by atoms with E-state index >= 15 is 0 Å². The van der Waals surface area contributed by atoms with Crippen molar-refractivity contribution in [2.24, 2.45) is 92.7 Å². The van der Waals surface area contributed by atoms with Gasteiger partial charge in [0.1, 0.15) is 0 Å². The molecule has 0 aromatic heterocycles. The molecule has 76 heavy (non-hydrogen) atoms. The summed E-state index contributed by atoms with van der Waals surface area (Å²) in [6.07, 6.45) is 19.7. The first-order valence-electron chi connectivity index (χ1n) is 29.9. The first kappa shape index (κ1) is 58.2. The van der Waals surface area contributed by atoms with Gasteiger partial charge in [-0.2, -0.15) is 16.8 Å². The number of nitrogens with one attached hydrogen (secondary N) is 6. The lowest BCUT2D eigenvalue weighted by Crippen LogP contribution is -2.62. The van der Waals surface area contributed by atoms with E-state index in [0.717, 1.165) is 96.3 Å². The van der Waals surface area contributed by atoms with Crippen LogP contribution in [-0.4, -0.2) is 103 Å². The Morgan fingerprint density at radius 3 is 1.50 bits per heavy atom. The number of aliphatic hydroxyl groups excluding tert-OH is 1. The van der Waals surface area contributed by atoms with Crippen molar-refractivity contribution in [3.63, 3.8) is 0 Å². The molecular weight excluding hydrogens is 1010 g/mol. The van der Waals surface area contributed by atoms with Crippen LogP contribution in [0.4, 0.5) is 0 Å². The van der Waals surface area contributed by atoms with Crippen LogP contribution in [0.5, 0.6) is 0 Å². The Hall–Kier alpha value is -2.42. The van der Waals surface area contributed by atoms with Gasteiger partial charge in [0.25, 0.3) is 20.2 Å². The number of hydrogen-bond acceptors (Lipinski definition) is 11. The van der Waals surface area contributed by atoms with E-state index in [1.54, 1.807) is 0 Å². The summed E-state index contributed by atoms with van der Waals surface area (Å²) >= 11 is 0. The number of hydrazine groups is 1. The number of fused-ring (bicyclic) bond motifs is 11. The molecule has 9 fully saturated rings. The van der Waals surface area contributed by atoms with Crippen molar-refractivity contribution in [3.05, 3.63) is 0 Å². The third kappa shape index (κ3) is 11.8. The van der Waals surface area contributed by atoms with Crippen molar-refractivity contribution in [2.45, 2.75) is 213 Å². The molecule has 9 rings (SSSR count). The fraction of sp³-hybridized carbons (Fsp3) is 0.930. The Morgan fingerprint density at radius 1 is 0.553 bits per heavy atom. The van der Waals surface area contributed by atoms with E-state index in [1.807, 2.05) is 0 Å². The minimum atomic E-state index is -4.12. The van der Waals surface area contributed by atoms with Crippen LogP contribution in [0.25, 0.3) is 0 Å². The highest BCUT2D eigenvalue weighted by atomic mass is 32.2. The van der Waals surface area contributed by atoms with Crippen molar-refractivity contribution in [1.29, 1.82) is 0 Å². The first-order valence-corrected chi connectivity index (χ1v) is 33.1. The molecule has 9 N–H and O–H groups in total. The minimum Gasteiger partial charge on any atom is -0.393 e. The summed E-state index contributed by atoms with van der Waals surface area (Å²) in [5.74, 6) is 3.98. The standard InChI is InChI=1S/C57H96N6O11S2/c1-34(10-16-47(65)58-26-28-75(69,70)71)40-12-14-42-51-43(20-24-55(40,42)5)53(3)22-18-38(30-36(53)32-46(51)64)60-49(67)8-7-9-50(68)61-39-19-23-54(4)37(31-39)33-57(62-63-57)52-44-15-13-41(56(44,6)25-21-45(52)54)35(2)11-17-48(66)59-27-29-76(72,73)74/h34-46,51-52,62-64H,7-33H2,1-6H3,(H,58,65)(H,59,66)(H,60,67)(H,61,68)(H,69,70,71)(H,72,73,74)/t34-,35+,36?,37?,38-,39+,40-,41+,42-,43-,44+,45+,46+,51?,52?,53+,54-,55-,56+/m0/s1. The van der Waals surface area contributed by atoms with Gasteiger partial charge in [-0.05, 0) is 215 Å². The zero-order valence-corrected chi connectivity index (χ0v) is 48.3. The van der Waals surface area contributed by atoms with Crippen LogP contribution in [0.1, 0.15) is 189 Å². The van der Waals surface area contributed by atoms with Gasteiger partial charge < -0.3 is 26.4 Å². The quantitative estimate of drug-likeness (QED) is 0.0456. The maximum absolute atomic E-state index is 13.5. The monoisotopic (exact) mass is 1100 g/mol. The lowest BCUT2D eigenvalue weighted by Gasteiger charge is -2.63. The van der Waals surface area contributed by atoms with E-state index in [9.17, 15) is 41.1 Å². The molecule has 1 saturated heterocycles. The number of rotatable bonds is 20. The topological polar surface area (TPSA) is 289 Å². The molecule has 1 heterocycles. The van der Waals surface area contributed by atoms with Crippen molar-refractivity contribution in [1.82, 2.24) is 32.1 Å². The molecule has 4 unspecified atom stereocenters. The summed E-state index contributed by atoms with van der Waals surface area (Å²) in [5, 5.41) is 24.1. The van der Waals surface area contributed by atoms with Gasteiger partial charge in [-0.15, -0.1) is 0 Å². The Bertz CT molecular complexity index is 2390. The van der Waals surface area contributed by atoms with Gasteiger partial charge in [0, 0.05) is 50.9 Å². The second-order valence-electron chi connectivity index (χ2n) is 27.9. The number of amides is 4. The van der Waals surface area contributed by atoms with Crippen molar-refractivity contribution in [3.8, 4) is 0 Å². The highest BCUT2D eigenvalue weighted by Gasteiger charge is 2.70. The molecule has 1 aliphatic heterocycles. The average molecular weight is 1110 g/mol. The van der Waals surface area contributed by atoms with Crippen LogP contribution in [0, 0.1) is 92.7 Å². The Morgan fingerprint density at radius 2 is 0.987 bits per heavy atom. The summed E-state index contributed by atoms with van der Waals surface area (Å²) < 4.78 is 62.3. The van der Waals surface area contributed by atoms with Crippen molar-refractivity contribution in [2.75, 3.05) is 24.6 Å². The van der Waals surface area contributed by atoms with Crippen LogP contribution < -0.4 is 32.1 Å². The highest BCUT2D eigenvalue weighted by molar-refractivity contribution is 7.86. The molecule has 0 radical (unpaired) electrons. The number of hydrogen-bond donors (Lipinski definition) is 9. The SMILES string of the molecule is C[C@H](CCC(=O)NCCS(=O)(=O)O)[C@H]1CC[C@@H]2C3[C@@H](CC[C@@]21C)[C@@]1(C)CC[C@@H](NC(=O)CCCC(=O)N[C@H]2CC[C@]4(C)C(C2)C[C@@H](O)C2[C@@H]5CC[C@@H]([C@@H](C)CCC(=O)NCCS(=O)(=O)O)[C@]5(C)CC[C@@H]24)CC1CC31NN1. The van der Waals surface area contributed by atoms with E-state index in [0.29, 0.717) is 97.2 Å². The van der Waals surface area contributed by atoms with Crippen LogP contribution >= 0.6 is 0 Å². The molecule has 1 spiro atoms. The third-order valence-corrected chi connectivity index (χ3v) is 25.4. The maximum Gasteiger partial charge on any atom is 0.266 e. The van der Waals surface area contributed by atoms with Gasteiger partial charge in [-0.25, -0.2) is 10.9 Å². The lowest BCUT2D eigenvalue weighted by molar-refractivity contribution is -0.167. The van der Waals surface area contributed by atoms with Gasteiger partial charge in [-0.3, -0.25) is 28.3 Å². The summed E-state index contributed by atoms with van der Waals surface area (Å²) in [6, 6.07) is 0.198. The molecule has 17 nitrogen and oxygen atoms in total. The van der Waals surface area contributed by atoms with Crippen LogP contribution in [0.3, 0.4) is 0 Å². The number of aliphatic hydroxyl groups is 1. The second kappa shape index (κ2) is 22.1. The normalized spacial score (nSPS) is 41.9. The van der Waals surface area contributed by atoms with E-state index in [1.165, 1.54) is 19.3 Å². The molecule has 0 aromatic rings. The van der Waals surface area contributed by atoms with Gasteiger partial charge >= 0.3 is 0 Å². The number of carbonyl (C=O) groups is 4. The maximum atomic E-state index is 13.5. The van der Waals surface area contributed by atoms with Gasteiger partial charge in [0.15, 0.2) is 0 Å². The summed E-state index contributed by atoms with van der Waals surface area (Å²) in [5.41, 5.74) is 7.90. The molecule has 0 bridgehead atoms. The van der Waals surface area contributed by atoms with Gasteiger partial charge in [0.2, 0.25) is 23.6 Å². The largest absolute Gasteiger partial charge is 0.393 e. The Balaban J connectivity index is 0.699. The molecule has 9 aliphatic rings. The van der Waals surface area contributed by atoms with Crippen molar-refractivity contribution < 1.29 is 50.2 Å². The Kier molecular flexibility index (Phi) is 17.0. The molecule has 8 saturated carbocycles. The molecule has 4 amide bonds. The van der Waals surface area contributed by atoms with Crippen LogP contribution in [0.2, 0.25) is 0 Å². The third-order valence-electron chi connectivity index (χ3n) is 24.0. The smallest absolute Gasteiger partial charge is 0.266 e.